The maximum Gasteiger partial charge on any atom is 0.412 e. The topological polar surface area (TPSA) is 109 Å². The van der Waals surface area contributed by atoms with E-state index in [1.54, 1.807) is 6.20 Å². The highest BCUT2D eigenvalue weighted by atomic mass is 79.9. The monoisotopic (exact) mass is 581 g/mol. The number of alkyl carbamates (subject to hydrolysis) is 1. The second kappa shape index (κ2) is 8.65. The van der Waals surface area contributed by atoms with Gasteiger partial charge in [-0.15, -0.1) is 0 Å². The number of nitrogens with one attached hydrogen (secondary N) is 3. The number of anilines is 1. The van der Waals surface area contributed by atoms with Crippen molar-refractivity contribution in [3.63, 3.8) is 0 Å². The van der Waals surface area contributed by atoms with Crippen molar-refractivity contribution in [2.24, 2.45) is 5.41 Å². The average Bonchev–Trinajstić information content (AvgIpc) is 3.11. The molecule has 0 radical (unpaired) electrons. The molecule has 192 valence electrons. The zero-order valence-electron chi connectivity index (χ0n) is 20.2. The van der Waals surface area contributed by atoms with Crippen LogP contribution in [0.1, 0.15) is 33.6 Å². The van der Waals surface area contributed by atoms with Crippen molar-refractivity contribution in [3.05, 3.63) is 27.6 Å². The summed E-state index contributed by atoms with van der Waals surface area (Å²) in [5.74, 6) is -0.704. The van der Waals surface area contributed by atoms with Crippen LogP contribution in [0, 0.1) is 11.2 Å². The standard InChI is InChI=1S/C24H26BrClFN5O4/c1-23(2,3)36-22(34)30-14-8-24(14)5-6-32(10-24)19-11(25)9-29-20-16(19)15-17(26)12(27)7-13(18(15)31-20)35-21(33)28-4/h7,9,14H,5-6,8,10H2,1-4H3,(H,28,33)(H,29,31)(H,30,34)/t14-,24+/m0/s1. The number of H-pyrrole nitrogens is 1. The minimum atomic E-state index is -0.732. The van der Waals surface area contributed by atoms with E-state index in [-0.39, 0.29) is 22.2 Å². The molecule has 2 aliphatic rings. The predicted octanol–water partition coefficient (Wildman–Crippen LogP) is 5.48. The minimum absolute atomic E-state index is 0.00744. The lowest BCUT2D eigenvalue weighted by Crippen LogP contribution is -2.36. The Morgan fingerprint density at radius 3 is 2.78 bits per heavy atom. The molecule has 2 aromatic heterocycles. The second-order valence-electron chi connectivity index (χ2n) is 10.3. The first-order valence-electron chi connectivity index (χ1n) is 11.5. The van der Waals surface area contributed by atoms with Gasteiger partial charge in [0.2, 0.25) is 0 Å². The molecule has 36 heavy (non-hydrogen) atoms. The SMILES string of the molecule is CNC(=O)Oc1cc(F)c(Cl)c2c1[nH]c1ncc(Br)c(N3CC[C@@]4(C[C@@H]4NC(=O)OC(C)(C)C)C3)c12. The van der Waals surface area contributed by atoms with Gasteiger partial charge in [-0.2, -0.15) is 0 Å². The predicted molar refractivity (Wildman–Crippen MR) is 138 cm³/mol. The molecule has 1 saturated heterocycles. The van der Waals surface area contributed by atoms with Crippen molar-refractivity contribution in [3.8, 4) is 5.75 Å². The molecule has 12 heteroatoms. The molecule has 5 rings (SSSR count). The highest BCUT2D eigenvalue weighted by Gasteiger charge is 2.58. The van der Waals surface area contributed by atoms with Crippen LogP contribution >= 0.6 is 27.5 Å². The van der Waals surface area contributed by atoms with E-state index in [1.807, 2.05) is 20.8 Å². The molecule has 9 nitrogen and oxygen atoms in total. The van der Waals surface area contributed by atoms with Crippen molar-refractivity contribution >= 4 is 67.3 Å². The number of rotatable bonds is 3. The maximum atomic E-state index is 14.8. The number of ether oxygens (including phenoxy) is 2. The summed E-state index contributed by atoms with van der Waals surface area (Å²) >= 11 is 10.1. The number of benzene rings is 1. The summed E-state index contributed by atoms with van der Waals surface area (Å²) in [5, 5.41) is 6.27. The van der Waals surface area contributed by atoms with Crippen molar-refractivity contribution in [2.45, 2.75) is 45.3 Å². The molecule has 2 atom stereocenters. The van der Waals surface area contributed by atoms with Crippen LogP contribution in [0.2, 0.25) is 5.02 Å². The average molecular weight is 583 g/mol. The fraction of sp³-hybridized carbons (Fsp3) is 0.458. The Labute approximate surface area is 220 Å². The molecule has 1 aliphatic heterocycles. The summed E-state index contributed by atoms with van der Waals surface area (Å²) in [6.45, 7) is 6.91. The first-order valence-corrected chi connectivity index (χ1v) is 12.7. The van der Waals surface area contributed by atoms with Crippen LogP contribution in [0.5, 0.6) is 5.75 Å². The zero-order valence-corrected chi connectivity index (χ0v) is 22.6. The van der Waals surface area contributed by atoms with Gasteiger partial charge in [-0.3, -0.25) is 0 Å². The van der Waals surface area contributed by atoms with Crippen LogP contribution in [-0.4, -0.2) is 53.9 Å². The Hall–Kier alpha value is -2.79. The number of halogens is 3. The Kier molecular flexibility index (Phi) is 5.98. The van der Waals surface area contributed by atoms with Crippen LogP contribution in [0.25, 0.3) is 21.9 Å². The fourth-order valence-electron chi connectivity index (χ4n) is 4.97. The third-order valence-corrected chi connectivity index (χ3v) is 7.62. The summed E-state index contributed by atoms with van der Waals surface area (Å²) < 4.78 is 26.3. The van der Waals surface area contributed by atoms with Gasteiger partial charge in [0.15, 0.2) is 5.75 Å². The van der Waals surface area contributed by atoms with E-state index in [4.69, 9.17) is 21.1 Å². The molecule has 1 saturated carbocycles. The van der Waals surface area contributed by atoms with Gasteiger partial charge in [-0.1, -0.05) is 11.6 Å². The minimum Gasteiger partial charge on any atom is -0.444 e. The van der Waals surface area contributed by atoms with Gasteiger partial charge in [-0.25, -0.2) is 19.0 Å². The van der Waals surface area contributed by atoms with Crippen molar-refractivity contribution in [1.82, 2.24) is 20.6 Å². The molecule has 3 N–H and O–H groups in total. The van der Waals surface area contributed by atoms with Crippen molar-refractivity contribution in [1.29, 1.82) is 0 Å². The summed E-state index contributed by atoms with van der Waals surface area (Å²) in [5.41, 5.74) is 1.03. The van der Waals surface area contributed by atoms with Gasteiger partial charge in [0.05, 0.1) is 26.1 Å². The molecular formula is C24H26BrClFN5O4. The van der Waals surface area contributed by atoms with Gasteiger partial charge in [0.1, 0.15) is 17.1 Å². The molecule has 3 aromatic rings. The lowest BCUT2D eigenvalue weighted by Gasteiger charge is -2.22. The van der Waals surface area contributed by atoms with E-state index in [0.717, 1.165) is 35.6 Å². The molecule has 2 fully saturated rings. The Bertz CT molecular complexity index is 1410. The van der Waals surface area contributed by atoms with E-state index in [0.29, 0.717) is 28.5 Å². The quantitative estimate of drug-likeness (QED) is 0.377. The fourth-order valence-corrected chi connectivity index (χ4v) is 5.77. The Balaban J connectivity index is 1.51. The van der Waals surface area contributed by atoms with E-state index in [9.17, 15) is 14.0 Å². The van der Waals surface area contributed by atoms with Crippen LogP contribution in [0.15, 0.2) is 16.7 Å². The van der Waals surface area contributed by atoms with E-state index < -0.39 is 23.6 Å². The summed E-state index contributed by atoms with van der Waals surface area (Å²) in [7, 11) is 1.42. The van der Waals surface area contributed by atoms with Gasteiger partial charge in [0, 0.05) is 49.2 Å². The normalized spacial score (nSPS) is 21.3. The first kappa shape index (κ1) is 24.9. The number of carbonyl (C=O) groups is 2. The van der Waals surface area contributed by atoms with E-state index >= 15 is 0 Å². The molecule has 0 unspecified atom stereocenters. The second-order valence-corrected chi connectivity index (χ2v) is 11.5. The third-order valence-electron chi connectivity index (χ3n) is 6.67. The number of hydrogen-bond donors (Lipinski definition) is 3. The lowest BCUT2D eigenvalue weighted by molar-refractivity contribution is 0.0516. The van der Waals surface area contributed by atoms with Crippen molar-refractivity contribution < 1.29 is 23.5 Å². The summed E-state index contributed by atoms with van der Waals surface area (Å²) in [6.07, 6.45) is 2.24. The zero-order chi connectivity index (χ0) is 26.0. The number of pyridine rings is 1. The van der Waals surface area contributed by atoms with E-state index in [1.165, 1.54) is 7.05 Å². The number of aromatic amines is 1. The van der Waals surface area contributed by atoms with Crippen LogP contribution < -0.4 is 20.3 Å². The number of nitrogens with zero attached hydrogens (tertiary/aromatic N) is 2. The maximum absolute atomic E-state index is 14.8. The van der Waals surface area contributed by atoms with E-state index in [2.05, 4.69) is 41.4 Å². The Morgan fingerprint density at radius 1 is 1.33 bits per heavy atom. The lowest BCUT2D eigenvalue weighted by atomic mass is 10.1. The van der Waals surface area contributed by atoms with Crippen LogP contribution in [-0.2, 0) is 4.74 Å². The largest absolute Gasteiger partial charge is 0.444 e. The van der Waals surface area contributed by atoms with Gasteiger partial charge in [0.25, 0.3) is 0 Å². The molecular weight excluding hydrogens is 557 g/mol. The third kappa shape index (κ3) is 4.32. The molecule has 3 heterocycles. The van der Waals surface area contributed by atoms with Crippen molar-refractivity contribution in [2.75, 3.05) is 25.0 Å². The first-order chi connectivity index (χ1) is 16.9. The van der Waals surface area contributed by atoms with Gasteiger partial charge < -0.3 is 30.0 Å². The molecule has 1 spiro atoms. The Morgan fingerprint density at radius 2 is 2.08 bits per heavy atom. The summed E-state index contributed by atoms with van der Waals surface area (Å²) in [6, 6.07) is 1.09. The van der Waals surface area contributed by atoms with Gasteiger partial charge in [-0.05, 0) is 49.5 Å². The van der Waals surface area contributed by atoms with Crippen LogP contribution in [0.3, 0.4) is 0 Å². The number of amides is 2. The van der Waals surface area contributed by atoms with Crippen LogP contribution in [0.4, 0.5) is 19.7 Å². The highest BCUT2D eigenvalue weighted by Crippen LogP contribution is 2.55. The summed E-state index contributed by atoms with van der Waals surface area (Å²) in [4.78, 5) is 33.9. The molecule has 1 aliphatic carbocycles. The number of fused-ring (bicyclic) bond motifs is 3. The molecule has 0 bridgehead atoms. The molecule has 2 amide bonds. The number of aromatic nitrogens is 2. The smallest absolute Gasteiger partial charge is 0.412 e. The number of carbonyl (C=O) groups excluding carboxylic acids is 2. The number of hydrogen-bond acceptors (Lipinski definition) is 6. The molecule has 1 aromatic carbocycles. The highest BCUT2D eigenvalue weighted by molar-refractivity contribution is 9.10. The van der Waals surface area contributed by atoms with Gasteiger partial charge >= 0.3 is 12.2 Å².